The molecule has 0 aliphatic heterocycles. The summed E-state index contributed by atoms with van der Waals surface area (Å²) in [7, 11) is 0. The summed E-state index contributed by atoms with van der Waals surface area (Å²) in [5, 5.41) is 6.55. The minimum atomic E-state index is 0.0257. The summed E-state index contributed by atoms with van der Waals surface area (Å²) in [6, 6.07) is 19.5. The fourth-order valence-corrected chi connectivity index (χ4v) is 5.28. The Kier molecular flexibility index (Phi) is 3.88. The Morgan fingerprint density at radius 3 is 1.83 bits per heavy atom. The van der Waals surface area contributed by atoms with Crippen LogP contribution in [-0.4, -0.2) is 0 Å². The summed E-state index contributed by atoms with van der Waals surface area (Å²) in [6.45, 7) is 10.9. The van der Waals surface area contributed by atoms with Crippen LogP contribution in [0.3, 0.4) is 0 Å². The first-order chi connectivity index (χ1) is 13.7. The molecule has 0 saturated carbocycles. The zero-order valence-corrected chi connectivity index (χ0v) is 18.3. The van der Waals surface area contributed by atoms with Crippen molar-refractivity contribution in [3.63, 3.8) is 0 Å². The molecular weight excluding hydrogens is 372 g/mol. The van der Waals surface area contributed by atoms with Gasteiger partial charge in [-0.2, -0.15) is 0 Å². The maximum atomic E-state index is 13.4. The lowest BCUT2D eigenvalue weighted by Crippen LogP contribution is -2.12. The van der Waals surface area contributed by atoms with Gasteiger partial charge in [-0.3, -0.25) is 4.79 Å². The maximum absolute atomic E-state index is 13.4. The molecule has 0 N–H and O–H groups in total. The molecule has 2 heteroatoms. The van der Waals surface area contributed by atoms with E-state index < -0.39 is 0 Å². The van der Waals surface area contributed by atoms with E-state index in [2.05, 4.69) is 89.2 Å². The van der Waals surface area contributed by atoms with E-state index >= 15 is 0 Å². The topological polar surface area (TPSA) is 17.1 Å². The van der Waals surface area contributed by atoms with Crippen molar-refractivity contribution in [2.45, 2.75) is 40.0 Å². The second-order valence-corrected chi connectivity index (χ2v) is 10.3. The molecule has 5 aromatic rings. The van der Waals surface area contributed by atoms with Crippen LogP contribution in [0.1, 0.15) is 37.5 Å². The minimum Gasteiger partial charge on any atom is -0.289 e. The Labute approximate surface area is 174 Å². The number of aryl methyl sites for hydroxylation is 2. The van der Waals surface area contributed by atoms with E-state index in [1.807, 2.05) is 0 Å². The Balaban J connectivity index is 1.89. The molecule has 0 atom stereocenters. The first-order valence-corrected chi connectivity index (χ1v) is 10.9. The van der Waals surface area contributed by atoms with Crippen molar-refractivity contribution in [3.05, 3.63) is 81.5 Å². The molecular formula is C27H24OS. The Morgan fingerprint density at radius 1 is 0.655 bits per heavy atom. The third kappa shape index (κ3) is 2.86. The fraction of sp³-hybridized carbons (Fsp3) is 0.222. The highest BCUT2D eigenvalue weighted by Crippen LogP contribution is 2.34. The van der Waals surface area contributed by atoms with E-state index in [0.717, 1.165) is 25.6 Å². The third-order valence-corrected chi connectivity index (χ3v) is 7.20. The second kappa shape index (κ2) is 6.14. The molecule has 0 spiro atoms. The van der Waals surface area contributed by atoms with Crippen LogP contribution in [0.2, 0.25) is 0 Å². The van der Waals surface area contributed by atoms with Gasteiger partial charge in [0, 0.05) is 20.2 Å². The predicted molar refractivity (Wildman–Crippen MR) is 129 cm³/mol. The largest absolute Gasteiger partial charge is 0.289 e. The van der Waals surface area contributed by atoms with Gasteiger partial charge >= 0.3 is 0 Å². The van der Waals surface area contributed by atoms with E-state index in [1.165, 1.54) is 32.8 Å². The standard InChI is InChI=1S/C27H24OS/c1-15-6-7-16(2)21-11-18-13-25-22(12-17(18)10-20(15)21)26(28)23-14-19(27(3,4)5)8-9-24(23)29-25/h6-14H,1-5H3. The van der Waals surface area contributed by atoms with E-state index in [1.54, 1.807) is 11.3 Å². The van der Waals surface area contributed by atoms with E-state index in [9.17, 15) is 4.79 Å². The van der Waals surface area contributed by atoms with Crippen molar-refractivity contribution >= 4 is 53.1 Å². The minimum absolute atomic E-state index is 0.0257. The van der Waals surface area contributed by atoms with Crippen molar-refractivity contribution in [1.82, 2.24) is 0 Å². The van der Waals surface area contributed by atoms with Gasteiger partial charge in [0.25, 0.3) is 0 Å². The summed E-state index contributed by atoms with van der Waals surface area (Å²) in [6.07, 6.45) is 0. The molecule has 0 unspecified atom stereocenters. The van der Waals surface area contributed by atoms with Crippen molar-refractivity contribution in [2.24, 2.45) is 0 Å². The zero-order valence-electron chi connectivity index (χ0n) is 17.5. The Morgan fingerprint density at radius 2 is 1.21 bits per heavy atom. The van der Waals surface area contributed by atoms with Gasteiger partial charge in [0.15, 0.2) is 5.43 Å². The molecule has 0 fully saturated rings. The second-order valence-electron chi connectivity index (χ2n) is 9.18. The zero-order chi connectivity index (χ0) is 20.5. The predicted octanol–water partition coefficient (Wildman–Crippen LogP) is 7.64. The van der Waals surface area contributed by atoms with Crippen molar-refractivity contribution in [2.75, 3.05) is 0 Å². The van der Waals surface area contributed by atoms with Crippen LogP contribution < -0.4 is 5.43 Å². The monoisotopic (exact) mass is 396 g/mol. The van der Waals surface area contributed by atoms with Crippen molar-refractivity contribution in [1.29, 1.82) is 0 Å². The summed E-state index contributed by atoms with van der Waals surface area (Å²) in [4.78, 5) is 13.4. The average molecular weight is 397 g/mol. The van der Waals surface area contributed by atoms with E-state index in [-0.39, 0.29) is 10.8 Å². The number of benzene rings is 4. The lowest BCUT2D eigenvalue weighted by molar-refractivity contribution is 0.591. The maximum Gasteiger partial charge on any atom is 0.195 e. The number of fused-ring (bicyclic) bond motifs is 4. The van der Waals surface area contributed by atoms with Gasteiger partial charge in [0.2, 0.25) is 0 Å². The average Bonchev–Trinajstić information content (AvgIpc) is 2.68. The number of hydrogen-bond acceptors (Lipinski definition) is 2. The summed E-state index contributed by atoms with van der Waals surface area (Å²) >= 11 is 1.71. The molecule has 1 heterocycles. The normalized spacial score (nSPS) is 12.4. The molecule has 5 rings (SSSR count). The van der Waals surface area contributed by atoms with Crippen LogP contribution in [0.25, 0.3) is 41.7 Å². The first-order valence-electron chi connectivity index (χ1n) is 10.1. The molecule has 1 nitrogen and oxygen atoms in total. The molecule has 144 valence electrons. The summed E-state index contributed by atoms with van der Waals surface area (Å²) in [5.41, 5.74) is 3.92. The van der Waals surface area contributed by atoms with Crippen molar-refractivity contribution in [3.8, 4) is 0 Å². The summed E-state index contributed by atoms with van der Waals surface area (Å²) < 4.78 is 2.12. The number of hydrogen-bond donors (Lipinski definition) is 0. The molecule has 29 heavy (non-hydrogen) atoms. The van der Waals surface area contributed by atoms with Gasteiger partial charge < -0.3 is 0 Å². The van der Waals surface area contributed by atoms with Crippen molar-refractivity contribution < 1.29 is 0 Å². The first kappa shape index (κ1) is 18.3. The SMILES string of the molecule is Cc1ccc(C)c2cc3cc4c(=O)c5cc(C(C)(C)C)ccc5sc4cc3cc12. The molecule has 1 aromatic heterocycles. The van der Waals surface area contributed by atoms with Gasteiger partial charge in [-0.05, 0) is 93.9 Å². The lowest BCUT2D eigenvalue weighted by atomic mass is 9.86. The molecule has 0 amide bonds. The smallest absolute Gasteiger partial charge is 0.195 e. The molecule has 0 bridgehead atoms. The van der Waals surface area contributed by atoms with E-state index in [0.29, 0.717) is 0 Å². The highest BCUT2D eigenvalue weighted by molar-refractivity contribution is 7.24. The van der Waals surface area contributed by atoms with Crippen LogP contribution in [0.4, 0.5) is 0 Å². The highest BCUT2D eigenvalue weighted by atomic mass is 32.1. The van der Waals surface area contributed by atoms with Crippen LogP contribution >= 0.6 is 11.3 Å². The Bertz CT molecular complexity index is 1510. The molecule has 0 aliphatic rings. The van der Waals surface area contributed by atoms with Gasteiger partial charge in [0.1, 0.15) is 0 Å². The molecule has 0 aliphatic carbocycles. The van der Waals surface area contributed by atoms with Crippen LogP contribution in [-0.2, 0) is 5.41 Å². The lowest BCUT2D eigenvalue weighted by Gasteiger charge is -2.19. The quantitative estimate of drug-likeness (QED) is 0.246. The van der Waals surface area contributed by atoms with Gasteiger partial charge in [-0.25, -0.2) is 0 Å². The molecule has 4 aromatic carbocycles. The third-order valence-electron chi connectivity index (χ3n) is 6.06. The van der Waals surface area contributed by atoms with Crippen LogP contribution in [0.5, 0.6) is 0 Å². The van der Waals surface area contributed by atoms with Crippen LogP contribution in [0, 0.1) is 13.8 Å². The van der Waals surface area contributed by atoms with E-state index in [4.69, 9.17) is 0 Å². The fourth-order valence-electron chi connectivity index (χ4n) is 4.20. The van der Waals surface area contributed by atoms with Gasteiger partial charge in [-0.1, -0.05) is 39.0 Å². The molecule has 0 saturated heterocycles. The Hall–Kier alpha value is -2.71. The van der Waals surface area contributed by atoms with Gasteiger partial charge in [0.05, 0.1) is 0 Å². The van der Waals surface area contributed by atoms with Gasteiger partial charge in [-0.15, -0.1) is 11.3 Å². The molecule has 0 radical (unpaired) electrons. The summed E-state index contributed by atoms with van der Waals surface area (Å²) in [5.74, 6) is 0. The highest BCUT2D eigenvalue weighted by Gasteiger charge is 2.16. The van der Waals surface area contributed by atoms with Crippen LogP contribution in [0.15, 0.2) is 59.4 Å². The number of rotatable bonds is 0.